The molecule has 0 fully saturated rings. The fraction of sp³-hybridized carbons (Fsp3) is 0.357. The molecule has 4 nitrogen and oxygen atoms in total. The Labute approximate surface area is 108 Å². The quantitative estimate of drug-likeness (QED) is 0.846. The molecule has 1 atom stereocenters. The van der Waals surface area contributed by atoms with E-state index in [2.05, 4.69) is 29.5 Å². The Morgan fingerprint density at radius 3 is 2.89 bits per heavy atom. The molecule has 0 saturated carbocycles. The molecule has 0 aliphatic heterocycles. The van der Waals surface area contributed by atoms with Crippen molar-refractivity contribution in [3.05, 3.63) is 48.3 Å². The topological polar surface area (TPSA) is 39.1 Å². The summed E-state index contributed by atoms with van der Waals surface area (Å²) >= 11 is 0. The standard InChI is InChI=1S/C14H19N3O/c1-12(11-18-2)15-10-13-6-3-4-7-14(13)17-9-5-8-16-17/h3-9,12,15H,10-11H2,1-2H3. The van der Waals surface area contributed by atoms with Crippen LogP contribution in [0.5, 0.6) is 0 Å². The Morgan fingerprint density at radius 2 is 2.17 bits per heavy atom. The molecule has 96 valence electrons. The average molecular weight is 245 g/mol. The number of para-hydroxylation sites is 1. The molecule has 0 spiro atoms. The summed E-state index contributed by atoms with van der Waals surface area (Å²) in [6.07, 6.45) is 3.75. The third kappa shape index (κ3) is 3.18. The Bertz CT molecular complexity index is 468. The number of nitrogens with one attached hydrogen (secondary N) is 1. The zero-order valence-corrected chi connectivity index (χ0v) is 10.8. The zero-order chi connectivity index (χ0) is 12.8. The van der Waals surface area contributed by atoms with Gasteiger partial charge in [-0.3, -0.25) is 0 Å². The summed E-state index contributed by atoms with van der Waals surface area (Å²) in [5.74, 6) is 0. The third-order valence-electron chi connectivity index (χ3n) is 2.80. The highest BCUT2D eigenvalue weighted by Gasteiger charge is 2.06. The molecule has 1 aromatic carbocycles. The molecule has 0 aliphatic carbocycles. The number of benzene rings is 1. The molecule has 4 heteroatoms. The van der Waals surface area contributed by atoms with E-state index in [4.69, 9.17) is 4.74 Å². The fourth-order valence-corrected chi connectivity index (χ4v) is 1.89. The second-order valence-electron chi connectivity index (χ2n) is 4.32. The first kappa shape index (κ1) is 12.8. The van der Waals surface area contributed by atoms with Crippen LogP contribution >= 0.6 is 0 Å². The molecule has 1 heterocycles. The molecular weight excluding hydrogens is 226 g/mol. The van der Waals surface area contributed by atoms with E-state index in [1.165, 1.54) is 5.56 Å². The van der Waals surface area contributed by atoms with Crippen molar-refractivity contribution in [2.45, 2.75) is 19.5 Å². The first-order valence-electron chi connectivity index (χ1n) is 6.11. The number of aromatic nitrogens is 2. The number of methoxy groups -OCH3 is 1. The highest BCUT2D eigenvalue weighted by molar-refractivity contribution is 5.40. The highest BCUT2D eigenvalue weighted by atomic mass is 16.5. The van der Waals surface area contributed by atoms with Crippen molar-refractivity contribution in [2.24, 2.45) is 0 Å². The molecule has 1 aromatic heterocycles. The maximum atomic E-state index is 5.11. The molecule has 0 saturated heterocycles. The van der Waals surface area contributed by atoms with Gasteiger partial charge < -0.3 is 10.1 Å². The SMILES string of the molecule is COCC(C)NCc1ccccc1-n1cccn1. The van der Waals surface area contributed by atoms with Crippen molar-refractivity contribution in [2.75, 3.05) is 13.7 Å². The van der Waals surface area contributed by atoms with Crippen LogP contribution < -0.4 is 5.32 Å². The van der Waals surface area contributed by atoms with Crippen LogP contribution in [-0.4, -0.2) is 29.5 Å². The van der Waals surface area contributed by atoms with Crippen LogP contribution in [-0.2, 0) is 11.3 Å². The smallest absolute Gasteiger partial charge is 0.0690 e. The van der Waals surface area contributed by atoms with E-state index in [0.29, 0.717) is 12.6 Å². The van der Waals surface area contributed by atoms with Crippen molar-refractivity contribution in [3.8, 4) is 5.69 Å². The second-order valence-corrected chi connectivity index (χ2v) is 4.32. The van der Waals surface area contributed by atoms with Crippen molar-refractivity contribution in [3.63, 3.8) is 0 Å². The number of nitrogens with zero attached hydrogens (tertiary/aromatic N) is 2. The van der Waals surface area contributed by atoms with Crippen LogP contribution in [0, 0.1) is 0 Å². The zero-order valence-electron chi connectivity index (χ0n) is 10.8. The lowest BCUT2D eigenvalue weighted by Gasteiger charge is -2.15. The summed E-state index contributed by atoms with van der Waals surface area (Å²) in [4.78, 5) is 0. The molecular formula is C14H19N3O. The summed E-state index contributed by atoms with van der Waals surface area (Å²) in [5, 5.41) is 7.71. The molecule has 2 rings (SSSR count). The van der Waals surface area contributed by atoms with Gasteiger partial charge in [-0.25, -0.2) is 4.68 Å². The van der Waals surface area contributed by atoms with Gasteiger partial charge in [0.2, 0.25) is 0 Å². The number of hydrogen-bond donors (Lipinski definition) is 1. The normalized spacial score (nSPS) is 12.6. The minimum atomic E-state index is 0.334. The van der Waals surface area contributed by atoms with Crippen molar-refractivity contribution in [1.82, 2.24) is 15.1 Å². The predicted molar refractivity (Wildman–Crippen MR) is 71.7 cm³/mol. The van der Waals surface area contributed by atoms with Gasteiger partial charge in [-0.1, -0.05) is 18.2 Å². The van der Waals surface area contributed by atoms with E-state index in [0.717, 1.165) is 12.2 Å². The van der Waals surface area contributed by atoms with E-state index in [-0.39, 0.29) is 0 Å². The van der Waals surface area contributed by atoms with Crippen molar-refractivity contribution < 1.29 is 4.74 Å². The molecule has 0 amide bonds. The molecule has 18 heavy (non-hydrogen) atoms. The summed E-state index contributed by atoms with van der Waals surface area (Å²) in [5.41, 5.74) is 2.34. The van der Waals surface area contributed by atoms with Gasteiger partial charge in [-0.05, 0) is 24.6 Å². The Balaban J connectivity index is 2.09. The summed E-state index contributed by atoms with van der Waals surface area (Å²) < 4.78 is 7.00. The monoisotopic (exact) mass is 245 g/mol. The van der Waals surface area contributed by atoms with Crippen LogP contribution in [0.1, 0.15) is 12.5 Å². The van der Waals surface area contributed by atoms with Crippen LogP contribution in [0.3, 0.4) is 0 Å². The fourth-order valence-electron chi connectivity index (χ4n) is 1.89. The second kappa shape index (κ2) is 6.33. The van der Waals surface area contributed by atoms with Crippen LogP contribution in [0.15, 0.2) is 42.7 Å². The van der Waals surface area contributed by atoms with Crippen LogP contribution in [0.25, 0.3) is 5.69 Å². The summed E-state index contributed by atoms with van der Waals surface area (Å²) in [6.45, 7) is 3.63. The number of rotatable bonds is 6. The Kier molecular flexibility index (Phi) is 4.50. The van der Waals surface area contributed by atoms with E-state index in [9.17, 15) is 0 Å². The third-order valence-corrected chi connectivity index (χ3v) is 2.80. The van der Waals surface area contributed by atoms with Gasteiger partial charge >= 0.3 is 0 Å². The molecule has 0 bridgehead atoms. The van der Waals surface area contributed by atoms with E-state index >= 15 is 0 Å². The minimum Gasteiger partial charge on any atom is -0.383 e. The Morgan fingerprint density at radius 1 is 1.33 bits per heavy atom. The van der Waals surface area contributed by atoms with Gasteiger partial charge in [0.15, 0.2) is 0 Å². The first-order chi connectivity index (χ1) is 8.81. The molecule has 0 aliphatic rings. The van der Waals surface area contributed by atoms with Gasteiger partial charge in [-0.15, -0.1) is 0 Å². The van der Waals surface area contributed by atoms with Gasteiger partial charge in [0.1, 0.15) is 0 Å². The van der Waals surface area contributed by atoms with E-state index < -0.39 is 0 Å². The first-order valence-corrected chi connectivity index (χ1v) is 6.11. The largest absolute Gasteiger partial charge is 0.383 e. The van der Waals surface area contributed by atoms with Crippen molar-refractivity contribution >= 4 is 0 Å². The molecule has 1 N–H and O–H groups in total. The Hall–Kier alpha value is -1.65. The molecule has 2 aromatic rings. The van der Waals surface area contributed by atoms with Gasteiger partial charge in [0, 0.05) is 32.1 Å². The van der Waals surface area contributed by atoms with Gasteiger partial charge in [0.05, 0.1) is 12.3 Å². The number of ether oxygens (including phenoxy) is 1. The summed E-state index contributed by atoms with van der Waals surface area (Å²) in [6, 6.07) is 10.5. The van der Waals surface area contributed by atoms with Crippen LogP contribution in [0.2, 0.25) is 0 Å². The van der Waals surface area contributed by atoms with Gasteiger partial charge in [-0.2, -0.15) is 5.10 Å². The average Bonchev–Trinajstić information content (AvgIpc) is 2.91. The maximum Gasteiger partial charge on any atom is 0.0690 e. The lowest BCUT2D eigenvalue weighted by Crippen LogP contribution is -2.29. The van der Waals surface area contributed by atoms with Gasteiger partial charge in [0.25, 0.3) is 0 Å². The predicted octanol–water partition coefficient (Wildman–Crippen LogP) is 2.00. The van der Waals surface area contributed by atoms with Crippen molar-refractivity contribution in [1.29, 1.82) is 0 Å². The van der Waals surface area contributed by atoms with E-state index in [1.54, 1.807) is 13.3 Å². The lowest BCUT2D eigenvalue weighted by atomic mass is 10.1. The maximum absolute atomic E-state index is 5.11. The molecule has 1 unspecified atom stereocenters. The van der Waals surface area contributed by atoms with E-state index in [1.807, 2.05) is 29.1 Å². The summed E-state index contributed by atoms with van der Waals surface area (Å²) in [7, 11) is 1.72. The highest BCUT2D eigenvalue weighted by Crippen LogP contribution is 2.13. The number of hydrogen-bond acceptors (Lipinski definition) is 3. The van der Waals surface area contributed by atoms with Crippen LogP contribution in [0.4, 0.5) is 0 Å². The molecule has 0 radical (unpaired) electrons. The lowest BCUT2D eigenvalue weighted by molar-refractivity contribution is 0.171. The minimum absolute atomic E-state index is 0.334.